The average Bonchev–Trinajstić information content (AvgIpc) is 3.85. The van der Waals surface area contributed by atoms with Crippen molar-refractivity contribution >= 4 is 80.7 Å². The number of nitrogens with two attached hydrogens (primary N) is 4. The van der Waals surface area contributed by atoms with Gasteiger partial charge in [0.1, 0.15) is 42.3 Å². The largest absolute Gasteiger partial charge is 0.481 e. The first kappa shape index (κ1) is 62.9. The maximum absolute atomic E-state index is 15.0. The van der Waals surface area contributed by atoms with Gasteiger partial charge in [-0.15, -0.1) is 0 Å². The molecule has 5 rings (SSSR count). The van der Waals surface area contributed by atoms with E-state index in [2.05, 4.69) is 47.2 Å². The van der Waals surface area contributed by atoms with E-state index in [1.165, 1.54) is 19.4 Å². The molecule has 0 spiro atoms. The number of primary amides is 1. The van der Waals surface area contributed by atoms with E-state index in [-0.39, 0.29) is 57.5 Å². The third-order valence-electron chi connectivity index (χ3n) is 13.5. The van der Waals surface area contributed by atoms with E-state index in [4.69, 9.17) is 22.9 Å². The summed E-state index contributed by atoms with van der Waals surface area (Å²) in [5.41, 5.74) is 24.4. The van der Waals surface area contributed by atoms with Crippen LogP contribution in [0.5, 0.6) is 0 Å². The molecule has 434 valence electrons. The lowest BCUT2D eigenvalue weighted by atomic mass is 9.99. The molecule has 5 aromatic rings. The molecule has 8 amide bonds. The summed E-state index contributed by atoms with van der Waals surface area (Å²) >= 11 is 0. The number of fused-ring (bicyclic) bond motifs is 2. The van der Waals surface area contributed by atoms with Crippen LogP contribution in [-0.2, 0) is 69.5 Å². The Morgan fingerprint density at radius 3 is 1.47 bits per heavy atom. The highest BCUT2D eigenvalue weighted by Crippen LogP contribution is 2.20. The molecule has 81 heavy (non-hydrogen) atoms. The quantitative estimate of drug-likeness (QED) is 0.0155. The second kappa shape index (κ2) is 31.6. The van der Waals surface area contributed by atoms with Crippen LogP contribution in [0, 0.1) is 0 Å². The molecule has 4 aromatic carbocycles. The molecule has 0 saturated heterocycles. The first-order chi connectivity index (χ1) is 38.7. The number of nitrogens with zero attached hydrogens (tertiary/aromatic N) is 3. The third-order valence-corrected chi connectivity index (χ3v) is 13.5. The van der Waals surface area contributed by atoms with E-state index in [1.807, 2.05) is 79.7 Å². The number of aromatic nitrogens is 2. The summed E-state index contributed by atoms with van der Waals surface area (Å²) < 4.78 is 1.59. The molecule has 0 aliphatic rings. The zero-order valence-corrected chi connectivity index (χ0v) is 46.0. The van der Waals surface area contributed by atoms with E-state index in [0.717, 1.165) is 21.5 Å². The molecule has 7 atom stereocenters. The number of aliphatic carboxylic acids is 1. The zero-order chi connectivity index (χ0) is 59.0. The Kier molecular flexibility index (Phi) is 24.5. The summed E-state index contributed by atoms with van der Waals surface area (Å²) in [6.45, 7) is 3.48. The van der Waals surface area contributed by atoms with Gasteiger partial charge in [0.2, 0.25) is 47.3 Å². The number of aryl methyl sites for hydroxylation is 1. The first-order valence-corrected chi connectivity index (χ1v) is 27.0. The van der Waals surface area contributed by atoms with Gasteiger partial charge in [-0.2, -0.15) is 0 Å². The lowest BCUT2D eigenvalue weighted by molar-refractivity contribution is -0.141. The van der Waals surface area contributed by atoms with Gasteiger partial charge in [-0.3, -0.25) is 48.1 Å². The number of hydrogen-bond acceptors (Lipinski definition) is 12. The van der Waals surface area contributed by atoms with Crippen molar-refractivity contribution in [1.82, 2.24) is 46.8 Å². The van der Waals surface area contributed by atoms with Crippen molar-refractivity contribution in [3.63, 3.8) is 0 Å². The molecule has 0 bridgehead atoms. The molecule has 0 aliphatic carbocycles. The lowest BCUT2D eigenvalue weighted by Gasteiger charge is -2.28. The predicted molar refractivity (Wildman–Crippen MR) is 305 cm³/mol. The van der Waals surface area contributed by atoms with Crippen LogP contribution in [-0.4, -0.2) is 129 Å². The van der Waals surface area contributed by atoms with Crippen molar-refractivity contribution < 1.29 is 48.3 Å². The molecule has 1 heterocycles. The highest BCUT2D eigenvalue weighted by Gasteiger charge is 2.35. The average molecular weight is 1120 g/mol. The SMILES string of the molecule is CCCC[C@H](NC(C)=O)C(=O)N[C@@H](CC(=O)O)C(=O)N[C@@H](Cc1cncn1C)C(=O)N[C@H](Cc1ccc2ccccc2c1)C(=O)N[C@@H](CCCN=C(N)N)C(=O)N[C@@H](Cc1ccc2ccccc2c1)C(=O)N[C@@H](CCCCN)C(N)=O. The normalized spacial score (nSPS) is 13.7. The predicted octanol–water partition coefficient (Wildman–Crippen LogP) is 0.501. The smallest absolute Gasteiger partial charge is 0.305 e. The fourth-order valence-corrected chi connectivity index (χ4v) is 9.11. The van der Waals surface area contributed by atoms with Crippen LogP contribution in [0.25, 0.3) is 21.5 Å². The van der Waals surface area contributed by atoms with E-state index in [1.54, 1.807) is 23.7 Å². The van der Waals surface area contributed by atoms with Crippen LogP contribution >= 0.6 is 0 Å². The van der Waals surface area contributed by atoms with Gasteiger partial charge in [0.25, 0.3) is 0 Å². The van der Waals surface area contributed by atoms with Crippen molar-refractivity contribution in [2.24, 2.45) is 35.0 Å². The highest BCUT2D eigenvalue weighted by atomic mass is 16.4. The van der Waals surface area contributed by atoms with Gasteiger partial charge >= 0.3 is 5.97 Å². The van der Waals surface area contributed by atoms with Gasteiger partial charge in [0, 0.05) is 51.7 Å². The van der Waals surface area contributed by atoms with Gasteiger partial charge in [-0.25, -0.2) is 4.98 Å². The van der Waals surface area contributed by atoms with Crippen LogP contribution in [0.2, 0.25) is 0 Å². The van der Waals surface area contributed by atoms with Gasteiger partial charge in [0.15, 0.2) is 5.96 Å². The molecule has 0 unspecified atom stereocenters. The number of hydrogen-bond donors (Lipinski definition) is 12. The number of imidazole rings is 1. The Morgan fingerprint density at radius 2 is 1.00 bits per heavy atom. The Morgan fingerprint density at radius 1 is 0.556 bits per heavy atom. The fraction of sp³-hybridized carbons (Fsp3) is 0.421. The number of carbonyl (C=O) groups is 9. The number of carboxylic acids is 1. The molecule has 24 heteroatoms. The minimum absolute atomic E-state index is 0.0364. The van der Waals surface area contributed by atoms with Crippen molar-refractivity contribution in [3.8, 4) is 0 Å². The zero-order valence-electron chi connectivity index (χ0n) is 46.0. The summed E-state index contributed by atoms with van der Waals surface area (Å²) in [4.78, 5) is 132. The van der Waals surface area contributed by atoms with Gasteiger partial charge in [0.05, 0.1) is 12.7 Å². The summed E-state index contributed by atoms with van der Waals surface area (Å²) in [6.07, 6.45) is 4.23. The number of rotatable bonds is 33. The van der Waals surface area contributed by atoms with Crippen molar-refractivity contribution in [1.29, 1.82) is 0 Å². The summed E-state index contributed by atoms with van der Waals surface area (Å²) in [5, 5.41) is 32.0. The number of benzene rings is 4. The molecule has 1 aromatic heterocycles. The molecule has 0 radical (unpaired) electrons. The van der Waals surface area contributed by atoms with Crippen molar-refractivity contribution in [2.45, 2.75) is 133 Å². The van der Waals surface area contributed by atoms with Crippen molar-refractivity contribution in [3.05, 3.63) is 114 Å². The number of guanidine groups is 1. The van der Waals surface area contributed by atoms with Gasteiger partial charge < -0.3 is 69.8 Å². The van der Waals surface area contributed by atoms with Gasteiger partial charge in [-0.1, -0.05) is 105 Å². The van der Waals surface area contributed by atoms with E-state index < -0.39 is 102 Å². The minimum atomic E-state index is -1.73. The Bertz CT molecular complexity index is 3030. The van der Waals surface area contributed by atoms with Crippen molar-refractivity contribution in [2.75, 3.05) is 13.1 Å². The molecular weight excluding hydrogens is 1040 g/mol. The fourth-order valence-electron chi connectivity index (χ4n) is 9.11. The highest BCUT2D eigenvalue weighted by molar-refractivity contribution is 5.99. The van der Waals surface area contributed by atoms with E-state index in [9.17, 15) is 43.5 Å². The monoisotopic (exact) mass is 1120 g/mol. The molecule has 24 nitrogen and oxygen atoms in total. The number of amides is 8. The Balaban J connectivity index is 1.51. The van der Waals surface area contributed by atoms with Gasteiger partial charge in [-0.05, 0) is 77.7 Å². The van der Waals surface area contributed by atoms with Crippen LogP contribution in [0.15, 0.2) is 102 Å². The summed E-state index contributed by atoms with van der Waals surface area (Å²) in [7, 11) is 1.65. The molecule has 0 aliphatic heterocycles. The molecule has 16 N–H and O–H groups in total. The molecule has 0 saturated carbocycles. The number of carboxylic acid groups (broad SMARTS) is 1. The van der Waals surface area contributed by atoms with Crippen LogP contribution < -0.4 is 60.2 Å². The third kappa shape index (κ3) is 20.4. The Hall–Kier alpha value is -8.93. The van der Waals surface area contributed by atoms with Crippen LogP contribution in [0.1, 0.15) is 88.5 Å². The maximum atomic E-state index is 15.0. The second-order valence-electron chi connectivity index (χ2n) is 20.0. The standard InChI is InChI=1S/C57H76N14O10/c1-4-5-17-43(64-34(2)72)51(76)70-48(31-49(73)74)56(81)69-47(30-41-32-62-33-71(41)3)55(80)68-46(29-36-21-23-38-14-7-9-16-40(38)27-36)54(79)66-44(19-12-25-63-57(60)61)52(77)67-45(53(78)65-42(50(59)75)18-10-11-24-58)28-35-20-22-37-13-6-8-15-39(37)26-35/h6-9,13-16,20-23,26-27,32-33,42-48H,4-5,10-12,17-19,24-25,28-31,58H2,1-3H3,(H2,59,75)(H,64,72)(H,65,78)(H,66,79)(H,67,77)(H,68,80)(H,69,81)(H,70,76)(H,73,74)(H4,60,61,63)/t42-,43-,44-,45-,46+,47-,48-/m0/s1. The maximum Gasteiger partial charge on any atom is 0.305 e. The molecule has 0 fully saturated rings. The number of nitrogens with one attached hydrogen (secondary N) is 7. The van der Waals surface area contributed by atoms with Crippen LogP contribution in [0.3, 0.4) is 0 Å². The number of unbranched alkanes of at least 4 members (excludes halogenated alkanes) is 2. The molecular formula is C57H76N14O10. The summed E-state index contributed by atoms with van der Waals surface area (Å²) in [6, 6.07) is 16.4. The number of carbonyl (C=O) groups excluding carboxylic acids is 8. The second-order valence-corrected chi connectivity index (χ2v) is 20.0. The first-order valence-electron chi connectivity index (χ1n) is 27.0. The van der Waals surface area contributed by atoms with Crippen LogP contribution in [0.4, 0.5) is 0 Å². The minimum Gasteiger partial charge on any atom is -0.481 e. The lowest BCUT2D eigenvalue weighted by Crippen LogP contribution is -2.61. The topological polar surface area (TPSA) is 392 Å². The summed E-state index contributed by atoms with van der Waals surface area (Å²) in [5.74, 6) is -8.17. The van der Waals surface area contributed by atoms with E-state index in [0.29, 0.717) is 49.0 Å². The van der Waals surface area contributed by atoms with E-state index >= 15 is 4.79 Å². The Labute approximate surface area is 469 Å². The number of aliphatic imine (C=N–C) groups is 1.